The Morgan fingerprint density at radius 3 is 2.65 bits per heavy atom. The van der Waals surface area contributed by atoms with Gasteiger partial charge in [-0.25, -0.2) is 4.79 Å². The second kappa shape index (κ2) is 5.24. The van der Waals surface area contributed by atoms with Gasteiger partial charge in [0.25, 0.3) is 0 Å². The average Bonchev–Trinajstić information content (AvgIpc) is 2.37. The summed E-state index contributed by atoms with van der Waals surface area (Å²) in [5.41, 5.74) is 1.60. The molecule has 1 aromatic rings. The number of urea groups is 1. The van der Waals surface area contributed by atoms with Gasteiger partial charge in [-0.05, 0) is 31.5 Å². The molecule has 1 heterocycles. The number of amides is 2. The first-order valence-corrected chi connectivity index (χ1v) is 6.10. The predicted molar refractivity (Wildman–Crippen MR) is 72.4 cm³/mol. The van der Waals surface area contributed by atoms with Crippen LogP contribution in [0.15, 0.2) is 29.5 Å². The zero-order valence-corrected chi connectivity index (χ0v) is 11.5. The van der Waals surface area contributed by atoms with Crippen LogP contribution in [-0.4, -0.2) is 24.0 Å². The second-order valence-electron chi connectivity index (χ2n) is 4.56. The number of hydrogen-bond donors (Lipinski definition) is 3. The summed E-state index contributed by atoms with van der Waals surface area (Å²) in [4.78, 5) is 23.3. The zero-order valence-electron chi connectivity index (χ0n) is 11.5. The highest BCUT2D eigenvalue weighted by atomic mass is 16.5. The molecule has 2 rings (SSSR count). The molecule has 3 N–H and O–H groups in total. The van der Waals surface area contributed by atoms with Crippen molar-refractivity contribution in [1.29, 1.82) is 0 Å². The highest BCUT2D eigenvalue weighted by molar-refractivity contribution is 5.98. The number of Topliss-reactive ketones (excluding diaryl/α,β-unsaturated/α-hetero) is 1. The summed E-state index contributed by atoms with van der Waals surface area (Å²) >= 11 is 0. The van der Waals surface area contributed by atoms with Gasteiger partial charge in [-0.2, -0.15) is 0 Å². The quantitative estimate of drug-likeness (QED) is 0.782. The van der Waals surface area contributed by atoms with Crippen LogP contribution in [0, 0.1) is 0 Å². The maximum absolute atomic E-state index is 11.8. The lowest BCUT2D eigenvalue weighted by Gasteiger charge is -2.28. The molecule has 0 fully saturated rings. The number of phenolic OH excluding ortho intramolecular Hbond substituents is 1. The highest BCUT2D eigenvalue weighted by Crippen LogP contribution is 2.33. The van der Waals surface area contributed by atoms with Crippen LogP contribution >= 0.6 is 0 Å². The fourth-order valence-corrected chi connectivity index (χ4v) is 2.30. The largest absolute Gasteiger partial charge is 0.504 e. The van der Waals surface area contributed by atoms with Crippen molar-refractivity contribution < 1.29 is 19.4 Å². The summed E-state index contributed by atoms with van der Waals surface area (Å²) in [6, 6.07) is 3.80. The number of rotatable bonds is 3. The Balaban J connectivity index is 2.49. The second-order valence-corrected chi connectivity index (χ2v) is 4.56. The number of hydrogen-bond acceptors (Lipinski definition) is 4. The minimum Gasteiger partial charge on any atom is -0.504 e. The number of carbonyl (C=O) groups excluding carboxylic acids is 2. The fourth-order valence-electron chi connectivity index (χ4n) is 2.30. The zero-order chi connectivity index (χ0) is 14.9. The summed E-state index contributed by atoms with van der Waals surface area (Å²) in [6.45, 7) is 3.11. The fraction of sp³-hybridized carbons (Fsp3) is 0.286. The van der Waals surface area contributed by atoms with Crippen LogP contribution in [0.25, 0.3) is 0 Å². The molecule has 0 unspecified atom stereocenters. The van der Waals surface area contributed by atoms with Gasteiger partial charge in [0.15, 0.2) is 17.3 Å². The number of phenols is 1. The number of ether oxygens (including phenoxy) is 1. The molecule has 0 saturated carbocycles. The average molecular weight is 276 g/mol. The Hall–Kier alpha value is -2.50. The standard InChI is InChI=1S/C14H16N2O4/c1-7-12(8(2)17)13(16-14(19)15-7)9-4-5-11(20-3)10(18)6-9/h4-6,13,18H,1-3H3,(H2,15,16,19)/t13-/m1/s1. The van der Waals surface area contributed by atoms with E-state index in [0.717, 1.165) is 0 Å². The van der Waals surface area contributed by atoms with Gasteiger partial charge in [-0.1, -0.05) is 6.07 Å². The van der Waals surface area contributed by atoms with Gasteiger partial charge in [-0.15, -0.1) is 0 Å². The lowest BCUT2D eigenvalue weighted by molar-refractivity contribution is -0.114. The molecule has 6 nitrogen and oxygen atoms in total. The van der Waals surface area contributed by atoms with E-state index in [2.05, 4.69) is 10.6 Å². The third-order valence-corrected chi connectivity index (χ3v) is 3.18. The van der Waals surface area contributed by atoms with Crippen LogP contribution in [0.5, 0.6) is 11.5 Å². The lowest BCUT2D eigenvalue weighted by Crippen LogP contribution is -2.44. The smallest absolute Gasteiger partial charge is 0.319 e. The minimum atomic E-state index is -0.585. The Bertz CT molecular complexity index is 607. The minimum absolute atomic E-state index is 0.0432. The normalized spacial score (nSPS) is 18.4. The van der Waals surface area contributed by atoms with Crippen LogP contribution in [0.1, 0.15) is 25.5 Å². The third-order valence-electron chi connectivity index (χ3n) is 3.18. The van der Waals surface area contributed by atoms with E-state index in [1.54, 1.807) is 19.1 Å². The van der Waals surface area contributed by atoms with E-state index in [9.17, 15) is 14.7 Å². The molecule has 20 heavy (non-hydrogen) atoms. The molecular weight excluding hydrogens is 260 g/mol. The predicted octanol–water partition coefficient (Wildman–Crippen LogP) is 1.62. The first kappa shape index (κ1) is 13.9. The molecule has 106 valence electrons. The molecule has 2 amide bonds. The van der Waals surface area contributed by atoms with Crippen LogP contribution in [0.3, 0.4) is 0 Å². The van der Waals surface area contributed by atoms with E-state index < -0.39 is 6.04 Å². The molecular formula is C14H16N2O4. The maximum atomic E-state index is 11.8. The molecule has 1 atom stereocenters. The summed E-state index contributed by atoms with van der Waals surface area (Å²) in [5.74, 6) is 0.146. The maximum Gasteiger partial charge on any atom is 0.319 e. The molecule has 0 saturated heterocycles. The monoisotopic (exact) mass is 276 g/mol. The summed E-state index contributed by atoms with van der Waals surface area (Å²) in [6.07, 6.45) is 0. The van der Waals surface area contributed by atoms with Gasteiger partial charge in [0.2, 0.25) is 0 Å². The van der Waals surface area contributed by atoms with E-state index >= 15 is 0 Å². The topological polar surface area (TPSA) is 87.7 Å². The molecule has 1 aliphatic heterocycles. The van der Waals surface area contributed by atoms with E-state index in [-0.39, 0.29) is 17.6 Å². The van der Waals surface area contributed by atoms with Crippen LogP contribution in [0.4, 0.5) is 4.79 Å². The molecule has 0 aromatic heterocycles. The van der Waals surface area contributed by atoms with E-state index in [0.29, 0.717) is 22.6 Å². The summed E-state index contributed by atoms with van der Waals surface area (Å²) in [7, 11) is 1.45. The summed E-state index contributed by atoms with van der Waals surface area (Å²) in [5, 5.41) is 15.1. The van der Waals surface area contributed by atoms with Gasteiger partial charge >= 0.3 is 6.03 Å². The van der Waals surface area contributed by atoms with E-state index in [1.165, 1.54) is 20.1 Å². The van der Waals surface area contributed by atoms with Gasteiger partial charge in [0.1, 0.15) is 0 Å². The van der Waals surface area contributed by atoms with Crippen molar-refractivity contribution >= 4 is 11.8 Å². The van der Waals surface area contributed by atoms with Gasteiger partial charge in [0.05, 0.1) is 13.2 Å². The highest BCUT2D eigenvalue weighted by Gasteiger charge is 2.29. The number of ketones is 1. The Labute approximate surface area is 116 Å². The Kier molecular flexibility index (Phi) is 3.65. The number of allylic oxidation sites excluding steroid dienone is 1. The molecule has 0 spiro atoms. The van der Waals surface area contributed by atoms with Crippen molar-refractivity contribution in [3.63, 3.8) is 0 Å². The van der Waals surface area contributed by atoms with Crippen molar-refractivity contribution in [2.24, 2.45) is 0 Å². The number of benzene rings is 1. The summed E-state index contributed by atoms with van der Waals surface area (Å²) < 4.78 is 4.98. The van der Waals surface area contributed by atoms with Crippen molar-refractivity contribution in [2.45, 2.75) is 19.9 Å². The number of carbonyl (C=O) groups is 2. The molecule has 0 radical (unpaired) electrons. The van der Waals surface area contributed by atoms with Crippen molar-refractivity contribution in [3.05, 3.63) is 35.0 Å². The van der Waals surface area contributed by atoms with Gasteiger partial charge in [0, 0.05) is 11.3 Å². The van der Waals surface area contributed by atoms with Crippen LogP contribution in [0.2, 0.25) is 0 Å². The molecule has 6 heteroatoms. The van der Waals surface area contributed by atoms with Crippen molar-refractivity contribution in [3.8, 4) is 11.5 Å². The molecule has 1 aromatic carbocycles. The molecule has 0 bridgehead atoms. The molecule has 0 aliphatic carbocycles. The SMILES string of the molecule is COc1ccc([C@H]2NC(=O)NC(C)=C2C(C)=O)cc1O. The Morgan fingerprint density at radius 2 is 2.10 bits per heavy atom. The van der Waals surface area contributed by atoms with Crippen LogP contribution < -0.4 is 15.4 Å². The van der Waals surface area contributed by atoms with Crippen molar-refractivity contribution in [1.82, 2.24) is 10.6 Å². The number of aromatic hydroxyl groups is 1. The number of nitrogens with one attached hydrogen (secondary N) is 2. The molecule has 1 aliphatic rings. The lowest BCUT2D eigenvalue weighted by atomic mass is 9.93. The van der Waals surface area contributed by atoms with E-state index in [1.807, 2.05) is 0 Å². The number of methoxy groups -OCH3 is 1. The van der Waals surface area contributed by atoms with Gasteiger partial charge in [-0.3, -0.25) is 4.79 Å². The first-order valence-electron chi connectivity index (χ1n) is 6.10. The van der Waals surface area contributed by atoms with Crippen LogP contribution in [-0.2, 0) is 4.79 Å². The van der Waals surface area contributed by atoms with Gasteiger partial charge < -0.3 is 20.5 Å². The Morgan fingerprint density at radius 1 is 1.40 bits per heavy atom. The first-order chi connectivity index (χ1) is 9.43. The third kappa shape index (κ3) is 2.45. The van der Waals surface area contributed by atoms with Crippen molar-refractivity contribution in [2.75, 3.05) is 7.11 Å². The van der Waals surface area contributed by atoms with E-state index in [4.69, 9.17) is 4.74 Å².